The molecule has 0 heterocycles. The largest absolute Gasteiger partial charge is 0.212 e. The summed E-state index contributed by atoms with van der Waals surface area (Å²) in [5.74, 6) is 2.10. The highest BCUT2D eigenvalue weighted by Gasteiger charge is 2.12. The van der Waals surface area contributed by atoms with Gasteiger partial charge in [-0.3, -0.25) is 0 Å². The third-order valence-electron chi connectivity index (χ3n) is 1.43. The molecule has 0 saturated heterocycles. The van der Waals surface area contributed by atoms with Crippen LogP contribution in [0.5, 0.6) is 0 Å². The van der Waals surface area contributed by atoms with Crippen molar-refractivity contribution in [3.05, 3.63) is 0 Å². The summed E-state index contributed by atoms with van der Waals surface area (Å²) >= 11 is 1.75. The predicted molar refractivity (Wildman–Crippen MR) is 59.7 cm³/mol. The van der Waals surface area contributed by atoms with Crippen molar-refractivity contribution in [1.82, 2.24) is 4.72 Å². The van der Waals surface area contributed by atoms with Gasteiger partial charge < -0.3 is 0 Å². The summed E-state index contributed by atoms with van der Waals surface area (Å²) in [5, 5.41) is 0. The zero-order chi connectivity index (χ0) is 10.3. The molecule has 0 amide bonds. The number of sulfonamides is 1. The molecule has 1 unspecified atom stereocenters. The highest BCUT2D eigenvalue weighted by molar-refractivity contribution is 7.99. The van der Waals surface area contributed by atoms with Gasteiger partial charge in [0.25, 0.3) is 0 Å². The van der Waals surface area contributed by atoms with Crippen molar-refractivity contribution in [3.8, 4) is 0 Å². The molecule has 0 rings (SSSR count). The molecule has 0 aromatic heterocycles. The Bertz CT molecular complexity index is 214. The van der Waals surface area contributed by atoms with Crippen LogP contribution in [-0.4, -0.2) is 31.7 Å². The summed E-state index contributed by atoms with van der Waals surface area (Å²) in [6.07, 6.45) is 0.670. The quantitative estimate of drug-likeness (QED) is 0.713. The van der Waals surface area contributed by atoms with Crippen molar-refractivity contribution in [2.45, 2.75) is 33.2 Å². The topological polar surface area (TPSA) is 46.2 Å². The first-order chi connectivity index (χ1) is 6.02. The molecule has 13 heavy (non-hydrogen) atoms. The Balaban J connectivity index is 3.82. The van der Waals surface area contributed by atoms with Gasteiger partial charge in [-0.25, -0.2) is 13.1 Å². The highest BCUT2D eigenvalue weighted by Crippen LogP contribution is 2.02. The van der Waals surface area contributed by atoms with Crippen molar-refractivity contribution >= 4 is 21.8 Å². The average Bonchev–Trinajstić information content (AvgIpc) is 1.99. The smallest absolute Gasteiger partial charge is 0.211 e. The Labute approximate surface area is 85.7 Å². The van der Waals surface area contributed by atoms with E-state index in [-0.39, 0.29) is 11.8 Å². The molecule has 0 aromatic carbocycles. The van der Waals surface area contributed by atoms with E-state index < -0.39 is 10.0 Å². The first-order valence-corrected chi connectivity index (χ1v) is 7.40. The van der Waals surface area contributed by atoms with Gasteiger partial charge in [0.05, 0.1) is 5.75 Å². The monoisotopic (exact) mass is 225 g/mol. The third kappa shape index (κ3) is 7.34. The number of hydrogen-bond acceptors (Lipinski definition) is 3. The van der Waals surface area contributed by atoms with Crippen LogP contribution in [0.3, 0.4) is 0 Å². The molecule has 0 aromatic rings. The molecule has 0 aliphatic heterocycles. The first-order valence-electron chi connectivity index (χ1n) is 4.59. The lowest BCUT2D eigenvalue weighted by Crippen LogP contribution is -2.35. The number of hydrogen-bond donors (Lipinski definition) is 1. The lowest BCUT2D eigenvalue weighted by Gasteiger charge is -2.12. The number of rotatable bonds is 7. The van der Waals surface area contributed by atoms with Gasteiger partial charge in [-0.15, -0.1) is 0 Å². The van der Waals surface area contributed by atoms with E-state index in [2.05, 4.69) is 11.6 Å². The Kier molecular flexibility index (Phi) is 6.81. The SMILES string of the molecule is CCCS(=O)(=O)NC(C)CSCC. The molecule has 1 N–H and O–H groups in total. The lowest BCUT2D eigenvalue weighted by molar-refractivity contribution is 0.570. The number of nitrogens with one attached hydrogen (secondary N) is 1. The maximum atomic E-state index is 11.3. The molecular formula is C8H19NO2S2. The molecule has 0 radical (unpaired) electrons. The van der Waals surface area contributed by atoms with Crippen molar-refractivity contribution in [3.63, 3.8) is 0 Å². The third-order valence-corrected chi connectivity index (χ3v) is 4.28. The fourth-order valence-corrected chi connectivity index (χ4v) is 3.09. The summed E-state index contributed by atoms with van der Waals surface area (Å²) in [7, 11) is -3.02. The van der Waals surface area contributed by atoms with Gasteiger partial charge in [0.1, 0.15) is 0 Å². The Hall–Kier alpha value is 0.260. The zero-order valence-corrected chi connectivity index (χ0v) is 10.2. The van der Waals surface area contributed by atoms with Crippen LogP contribution in [0.15, 0.2) is 0 Å². The fraction of sp³-hybridized carbons (Fsp3) is 1.00. The Morgan fingerprint density at radius 3 is 2.46 bits per heavy atom. The minimum absolute atomic E-state index is 0.0431. The van der Waals surface area contributed by atoms with Crippen molar-refractivity contribution in [2.24, 2.45) is 0 Å². The second kappa shape index (κ2) is 6.68. The average molecular weight is 225 g/mol. The zero-order valence-electron chi connectivity index (χ0n) is 8.54. The maximum Gasteiger partial charge on any atom is 0.211 e. The van der Waals surface area contributed by atoms with Crippen molar-refractivity contribution in [1.29, 1.82) is 0 Å². The Morgan fingerprint density at radius 2 is 2.00 bits per heavy atom. The molecule has 1 atom stereocenters. The van der Waals surface area contributed by atoms with E-state index in [4.69, 9.17) is 0 Å². The summed E-state index contributed by atoms with van der Waals surface area (Å²) in [5.41, 5.74) is 0. The second-order valence-electron chi connectivity index (χ2n) is 3.00. The molecule has 0 bridgehead atoms. The van der Waals surface area contributed by atoms with Crippen LogP contribution in [-0.2, 0) is 10.0 Å². The minimum atomic E-state index is -3.02. The second-order valence-corrected chi connectivity index (χ2v) is 6.19. The van der Waals surface area contributed by atoms with Gasteiger partial charge in [-0.05, 0) is 19.1 Å². The summed E-state index contributed by atoms with van der Waals surface area (Å²) in [6, 6.07) is 0.0431. The van der Waals surface area contributed by atoms with Crippen molar-refractivity contribution < 1.29 is 8.42 Å². The molecular weight excluding hydrogens is 206 g/mol. The molecule has 0 aliphatic carbocycles. The van der Waals surface area contributed by atoms with E-state index in [1.807, 2.05) is 13.8 Å². The Morgan fingerprint density at radius 1 is 1.38 bits per heavy atom. The molecule has 0 aliphatic rings. The highest BCUT2D eigenvalue weighted by atomic mass is 32.2. The molecule has 0 spiro atoms. The van der Waals surface area contributed by atoms with E-state index in [1.165, 1.54) is 0 Å². The van der Waals surface area contributed by atoms with E-state index in [9.17, 15) is 8.42 Å². The van der Waals surface area contributed by atoms with Gasteiger partial charge >= 0.3 is 0 Å². The van der Waals surface area contributed by atoms with Crippen LogP contribution in [0.1, 0.15) is 27.2 Å². The summed E-state index contributed by atoms with van der Waals surface area (Å²) in [6.45, 7) is 5.83. The lowest BCUT2D eigenvalue weighted by atomic mass is 10.4. The normalized spacial score (nSPS) is 14.4. The molecule has 3 nitrogen and oxygen atoms in total. The van der Waals surface area contributed by atoms with Crippen LogP contribution in [0.2, 0.25) is 0 Å². The molecule has 80 valence electrons. The van der Waals surface area contributed by atoms with Crippen LogP contribution in [0.4, 0.5) is 0 Å². The van der Waals surface area contributed by atoms with Crippen molar-refractivity contribution in [2.75, 3.05) is 17.3 Å². The van der Waals surface area contributed by atoms with E-state index in [1.54, 1.807) is 11.8 Å². The van der Waals surface area contributed by atoms with Crippen LogP contribution < -0.4 is 4.72 Å². The minimum Gasteiger partial charge on any atom is -0.212 e. The van der Waals surface area contributed by atoms with Crippen LogP contribution in [0, 0.1) is 0 Å². The molecule has 5 heteroatoms. The molecule has 0 fully saturated rings. The maximum absolute atomic E-state index is 11.3. The summed E-state index contributed by atoms with van der Waals surface area (Å²) < 4.78 is 25.2. The fourth-order valence-electron chi connectivity index (χ4n) is 0.963. The van der Waals surface area contributed by atoms with Gasteiger partial charge in [-0.2, -0.15) is 11.8 Å². The van der Waals surface area contributed by atoms with Gasteiger partial charge in [0.15, 0.2) is 0 Å². The van der Waals surface area contributed by atoms with E-state index >= 15 is 0 Å². The standard InChI is InChI=1S/C8H19NO2S2/c1-4-6-13(10,11)9-8(3)7-12-5-2/h8-9H,4-7H2,1-3H3. The van der Waals surface area contributed by atoms with Crippen LogP contribution >= 0.6 is 11.8 Å². The van der Waals surface area contributed by atoms with Gasteiger partial charge in [-0.1, -0.05) is 13.8 Å². The van der Waals surface area contributed by atoms with Crippen LogP contribution in [0.25, 0.3) is 0 Å². The van der Waals surface area contributed by atoms with E-state index in [0.29, 0.717) is 6.42 Å². The summed E-state index contributed by atoms with van der Waals surface area (Å²) in [4.78, 5) is 0. The molecule has 0 saturated carbocycles. The van der Waals surface area contributed by atoms with E-state index in [0.717, 1.165) is 11.5 Å². The predicted octanol–water partition coefficient (Wildman–Crippen LogP) is 1.46. The van der Waals surface area contributed by atoms with Gasteiger partial charge in [0, 0.05) is 11.8 Å². The number of thioether (sulfide) groups is 1. The first kappa shape index (κ1) is 13.3. The van der Waals surface area contributed by atoms with Gasteiger partial charge in [0.2, 0.25) is 10.0 Å².